The second kappa shape index (κ2) is 15.7. The normalized spacial score (nSPS) is 11.8. The monoisotopic (exact) mass is 642 g/mol. The van der Waals surface area contributed by atoms with Gasteiger partial charge >= 0.3 is 11.9 Å². The number of fused-ring (bicyclic) bond motifs is 3. The van der Waals surface area contributed by atoms with Gasteiger partial charge in [-0.05, 0) is 62.2 Å². The lowest BCUT2D eigenvalue weighted by Crippen LogP contribution is -2.46. The zero-order valence-corrected chi connectivity index (χ0v) is 26.1. The summed E-state index contributed by atoms with van der Waals surface area (Å²) in [5.74, 6) is -0.907. The lowest BCUT2D eigenvalue weighted by atomic mass is 9.94. The topological polar surface area (TPSA) is 197 Å². The van der Waals surface area contributed by atoms with Gasteiger partial charge in [-0.1, -0.05) is 36.4 Å². The largest absolute Gasteiger partial charge is 0.490 e. The van der Waals surface area contributed by atoms with Gasteiger partial charge in [0.1, 0.15) is 24.2 Å². The molecule has 0 aliphatic heterocycles. The Morgan fingerprint density at radius 1 is 0.915 bits per heavy atom. The number of hydrogen-bond donors (Lipinski definition) is 6. The summed E-state index contributed by atoms with van der Waals surface area (Å²) >= 11 is 0. The van der Waals surface area contributed by atoms with Crippen LogP contribution in [0.5, 0.6) is 17.4 Å². The molecule has 5 aromatic rings. The van der Waals surface area contributed by atoms with Gasteiger partial charge in [0.15, 0.2) is 0 Å². The van der Waals surface area contributed by atoms with Crippen LogP contribution in [0.2, 0.25) is 0 Å². The van der Waals surface area contributed by atoms with Crippen molar-refractivity contribution < 1.29 is 39.2 Å². The van der Waals surface area contributed by atoms with Crippen molar-refractivity contribution in [1.29, 1.82) is 0 Å². The molecule has 12 nitrogen and oxygen atoms in total. The molecule has 0 bridgehead atoms. The number of ether oxygens (including phenoxy) is 2. The van der Waals surface area contributed by atoms with Crippen LogP contribution < -0.4 is 20.5 Å². The number of β-amino-alcohol motifs (C(OH)–C–C–N with tert-alkyl or cyclic N) is 1. The van der Waals surface area contributed by atoms with E-state index in [4.69, 9.17) is 25.4 Å². The number of pyridine rings is 1. The van der Waals surface area contributed by atoms with Crippen molar-refractivity contribution >= 4 is 39.7 Å². The first-order chi connectivity index (χ1) is 22.4. The van der Waals surface area contributed by atoms with E-state index in [-0.39, 0.29) is 25.0 Å². The van der Waals surface area contributed by atoms with Gasteiger partial charge in [-0.2, -0.15) is 0 Å². The summed E-state index contributed by atoms with van der Waals surface area (Å²) in [6.07, 6.45) is 0.877. The molecular weight excluding hydrogens is 604 g/mol. The van der Waals surface area contributed by atoms with Crippen molar-refractivity contribution in [3.63, 3.8) is 0 Å². The zero-order valence-electron chi connectivity index (χ0n) is 26.1. The highest BCUT2D eigenvalue weighted by atomic mass is 16.5. The molecule has 0 fully saturated rings. The number of primary amides is 1. The number of carboxylic acids is 2. The molecule has 7 N–H and O–H groups in total. The molecule has 0 spiro atoms. The predicted octanol–water partition coefficient (Wildman–Crippen LogP) is 4.89. The van der Waals surface area contributed by atoms with Crippen LogP contribution in [0.1, 0.15) is 42.6 Å². The fourth-order valence-electron chi connectivity index (χ4n) is 4.80. The van der Waals surface area contributed by atoms with Crippen molar-refractivity contribution in [1.82, 2.24) is 15.3 Å². The van der Waals surface area contributed by atoms with Crippen LogP contribution in [0.15, 0.2) is 85.1 Å². The number of aromatic amines is 1. The molecular formula is C35H38N4O8. The van der Waals surface area contributed by atoms with E-state index in [9.17, 15) is 19.5 Å². The van der Waals surface area contributed by atoms with Gasteiger partial charge in [0, 0.05) is 40.6 Å². The summed E-state index contributed by atoms with van der Waals surface area (Å²) in [5, 5.41) is 32.0. The molecule has 246 valence electrons. The lowest BCUT2D eigenvalue weighted by Gasteiger charge is -2.28. The third-order valence-electron chi connectivity index (χ3n) is 7.10. The van der Waals surface area contributed by atoms with Crippen LogP contribution in [0, 0.1) is 0 Å². The molecule has 12 heteroatoms. The highest BCUT2D eigenvalue weighted by Gasteiger charge is 2.20. The number of benzene rings is 3. The molecule has 1 amide bonds. The van der Waals surface area contributed by atoms with Crippen molar-refractivity contribution in [3.05, 3.63) is 96.2 Å². The van der Waals surface area contributed by atoms with Crippen molar-refractivity contribution in [2.24, 2.45) is 5.73 Å². The Hall–Kier alpha value is -5.46. The molecule has 0 saturated carbocycles. The summed E-state index contributed by atoms with van der Waals surface area (Å²) in [5.41, 5.74) is 8.50. The van der Waals surface area contributed by atoms with Crippen LogP contribution in [0.3, 0.4) is 0 Å². The van der Waals surface area contributed by atoms with Gasteiger partial charge in [0.2, 0.25) is 11.8 Å². The Labute approximate surface area is 271 Å². The first-order valence-electron chi connectivity index (χ1n) is 14.9. The number of aliphatic hydroxyl groups is 1. The Morgan fingerprint density at radius 2 is 1.60 bits per heavy atom. The molecule has 1 atom stereocenters. The minimum Gasteiger partial charge on any atom is -0.490 e. The smallest absolute Gasteiger partial charge is 0.303 e. The van der Waals surface area contributed by atoms with Crippen LogP contribution in [-0.2, 0) is 16.0 Å². The van der Waals surface area contributed by atoms with Crippen LogP contribution in [0.25, 0.3) is 21.8 Å². The van der Waals surface area contributed by atoms with E-state index in [2.05, 4.69) is 35.2 Å². The summed E-state index contributed by atoms with van der Waals surface area (Å²) < 4.78 is 11.8. The molecule has 47 heavy (non-hydrogen) atoms. The van der Waals surface area contributed by atoms with Gasteiger partial charge < -0.3 is 40.8 Å². The maximum absolute atomic E-state index is 11.2. The van der Waals surface area contributed by atoms with Crippen molar-refractivity contribution in [2.45, 2.75) is 44.8 Å². The molecule has 0 unspecified atom stereocenters. The first-order valence-corrected chi connectivity index (χ1v) is 14.9. The summed E-state index contributed by atoms with van der Waals surface area (Å²) in [4.78, 5) is 38.0. The van der Waals surface area contributed by atoms with Crippen molar-refractivity contribution in [2.75, 3.05) is 13.2 Å². The SMILES string of the molecule is CC(C)(Cc1ccc(Oc2ccc(C(N)=O)cn2)cc1)NC[C@H](O)COc1cccc2[nH]c3ccccc3c12.O=C(O)CCC(=O)O. The van der Waals surface area contributed by atoms with Gasteiger partial charge in [-0.3, -0.25) is 14.4 Å². The third kappa shape index (κ3) is 10.3. The van der Waals surface area contributed by atoms with Crippen LogP contribution >= 0.6 is 0 Å². The van der Waals surface area contributed by atoms with Crippen LogP contribution in [-0.4, -0.2) is 67.9 Å². The molecule has 0 aliphatic carbocycles. The minimum atomic E-state index is -1.08. The number of nitrogens with two attached hydrogens (primary N) is 1. The van der Waals surface area contributed by atoms with Gasteiger partial charge in [-0.25, -0.2) is 4.98 Å². The summed E-state index contributed by atoms with van der Waals surface area (Å²) in [6.45, 7) is 4.77. The number of nitrogens with zero attached hydrogens (tertiary/aromatic N) is 1. The number of carboxylic acid groups (broad SMARTS) is 2. The molecule has 0 aliphatic rings. The maximum atomic E-state index is 11.2. The molecule has 0 saturated heterocycles. The number of amides is 1. The van der Waals surface area contributed by atoms with Gasteiger partial charge in [0.25, 0.3) is 0 Å². The molecule has 2 heterocycles. The highest BCUT2D eigenvalue weighted by Crippen LogP contribution is 2.33. The van der Waals surface area contributed by atoms with Gasteiger partial charge in [-0.15, -0.1) is 0 Å². The lowest BCUT2D eigenvalue weighted by molar-refractivity contribution is -0.143. The van der Waals surface area contributed by atoms with E-state index in [1.807, 2.05) is 60.7 Å². The van der Waals surface area contributed by atoms with Gasteiger partial charge in [0.05, 0.1) is 23.9 Å². The third-order valence-corrected chi connectivity index (χ3v) is 7.10. The number of para-hydroxylation sites is 1. The second-order valence-corrected chi connectivity index (χ2v) is 11.5. The van der Waals surface area contributed by atoms with Crippen molar-refractivity contribution in [3.8, 4) is 17.4 Å². The number of carbonyl (C=O) groups is 3. The number of nitrogens with one attached hydrogen (secondary N) is 2. The molecule has 2 aromatic heterocycles. The number of aliphatic hydroxyl groups excluding tert-OH is 1. The second-order valence-electron chi connectivity index (χ2n) is 11.5. The van der Waals surface area contributed by atoms with E-state index in [1.165, 1.54) is 6.20 Å². The molecule has 5 rings (SSSR count). The molecule has 3 aromatic carbocycles. The minimum absolute atomic E-state index is 0.183. The average Bonchev–Trinajstić information content (AvgIpc) is 3.43. The zero-order chi connectivity index (χ0) is 34.0. The Bertz CT molecular complexity index is 1800. The predicted molar refractivity (Wildman–Crippen MR) is 177 cm³/mol. The first kappa shape index (κ1) is 34.4. The fourth-order valence-corrected chi connectivity index (χ4v) is 4.80. The van der Waals surface area contributed by atoms with E-state index in [1.54, 1.807) is 12.1 Å². The maximum Gasteiger partial charge on any atom is 0.303 e. The standard InChI is InChI=1S/C31H32N4O4.C4H6O4/c1-31(2,16-20-10-13-23(14-11-20)39-28-15-12-21(17-33-28)30(32)37)34-18-22(36)19-38-27-9-5-8-26-29(27)24-6-3-4-7-25(24)35-26;5-3(6)1-2-4(7)8/h3-15,17,22,34-36H,16,18-19H2,1-2H3,(H2,32,37);1-2H2,(H,5,6)(H,7,8)/t22-;/m0./s1. The number of aliphatic carboxylic acids is 2. The average molecular weight is 643 g/mol. The number of carbonyl (C=O) groups excluding carboxylic acids is 1. The van der Waals surface area contributed by atoms with E-state index >= 15 is 0 Å². The summed E-state index contributed by atoms with van der Waals surface area (Å²) in [7, 11) is 0. The van der Waals surface area contributed by atoms with E-state index in [0.717, 1.165) is 39.5 Å². The van der Waals surface area contributed by atoms with Crippen LogP contribution in [0.4, 0.5) is 0 Å². The Morgan fingerprint density at radius 3 is 2.23 bits per heavy atom. The number of rotatable bonds is 14. The molecule has 0 radical (unpaired) electrons. The number of hydrogen-bond acceptors (Lipinski definition) is 8. The quantitative estimate of drug-likeness (QED) is 0.0970. The number of H-pyrrole nitrogens is 1. The Kier molecular flexibility index (Phi) is 11.5. The van der Waals surface area contributed by atoms with E-state index < -0.39 is 23.9 Å². The Balaban J connectivity index is 0.000000555. The number of aromatic nitrogens is 2. The fraction of sp³-hybridized carbons (Fsp3) is 0.257. The summed E-state index contributed by atoms with van der Waals surface area (Å²) in [6, 6.07) is 25.0. The van der Waals surface area contributed by atoms with E-state index in [0.29, 0.717) is 23.7 Å². The highest BCUT2D eigenvalue weighted by molar-refractivity contribution is 6.10.